The molecule has 0 aromatic rings. The number of aliphatic hydroxyl groups excluding tert-OH is 1. The Morgan fingerprint density at radius 3 is 0.603 bits per heavy atom. The first-order chi connectivity index (χ1) is 30.9. The molecule has 0 aromatic heterocycles. The maximum atomic E-state index is 12.8. The van der Waals surface area contributed by atoms with E-state index in [1.54, 1.807) is 0 Å². The highest BCUT2D eigenvalue weighted by molar-refractivity contribution is 5.70. The quantitative estimate of drug-likeness (QED) is 0.0369. The number of carbonyl (C=O) groups is 3. The highest BCUT2D eigenvalue weighted by atomic mass is 16.6. The minimum absolute atomic E-state index is 0.154. The summed E-state index contributed by atoms with van der Waals surface area (Å²) in [6.07, 6.45) is 53.5. The van der Waals surface area contributed by atoms with Gasteiger partial charge < -0.3 is 19.3 Å². The molecular weight excluding hydrogens is 785 g/mol. The molecule has 0 saturated carbocycles. The van der Waals surface area contributed by atoms with E-state index in [4.69, 9.17) is 14.2 Å². The zero-order chi connectivity index (χ0) is 46.0. The fourth-order valence-electron chi connectivity index (χ4n) is 8.57. The van der Waals surface area contributed by atoms with E-state index in [1.165, 1.54) is 212 Å². The van der Waals surface area contributed by atoms with Gasteiger partial charge in [0.25, 0.3) is 0 Å². The number of unbranched alkanes of at least 4 members (excludes halogenated alkanes) is 39. The fraction of sp³-hybridized carbons (Fsp3) is 0.946. The van der Waals surface area contributed by atoms with Crippen molar-refractivity contribution in [2.45, 2.75) is 310 Å². The highest BCUT2D eigenvalue weighted by Gasteiger charge is 2.35. The zero-order valence-corrected chi connectivity index (χ0v) is 42.5. The summed E-state index contributed by atoms with van der Waals surface area (Å²) in [6, 6.07) is 0. The summed E-state index contributed by atoms with van der Waals surface area (Å²) in [5, 5.41) is 10.6. The standard InChI is InChI=1S/C56H108O7/c1-4-7-10-13-16-19-22-25-28-31-34-37-40-43-46-53(58)61-50-56(49-57,51-62-54(59)47-44-41-38-35-32-29-26-23-20-17-14-11-8-5-2)52-63-55(60)48-45-42-39-36-33-30-27-24-21-18-15-12-9-6-3/h57H,4-52H2,1-3H3. The number of ether oxygens (including phenoxy) is 3. The molecule has 0 spiro atoms. The molecule has 0 heterocycles. The van der Waals surface area contributed by atoms with Gasteiger partial charge in [0.15, 0.2) is 0 Å². The van der Waals surface area contributed by atoms with Gasteiger partial charge in [-0.1, -0.05) is 271 Å². The molecule has 0 aliphatic heterocycles. The van der Waals surface area contributed by atoms with Crippen LogP contribution in [0.3, 0.4) is 0 Å². The molecule has 0 unspecified atom stereocenters. The summed E-state index contributed by atoms with van der Waals surface area (Å²) in [4.78, 5) is 38.4. The van der Waals surface area contributed by atoms with Crippen molar-refractivity contribution >= 4 is 17.9 Å². The number of hydrogen-bond acceptors (Lipinski definition) is 7. The summed E-state index contributed by atoms with van der Waals surface area (Å²) < 4.78 is 17.0. The number of carbonyl (C=O) groups excluding carboxylic acids is 3. The minimum Gasteiger partial charge on any atom is -0.465 e. The van der Waals surface area contributed by atoms with Gasteiger partial charge >= 0.3 is 17.9 Å². The average molecular weight is 893 g/mol. The molecule has 0 bridgehead atoms. The second-order valence-electron chi connectivity index (χ2n) is 19.7. The largest absolute Gasteiger partial charge is 0.465 e. The summed E-state index contributed by atoms with van der Waals surface area (Å²) in [7, 11) is 0. The van der Waals surface area contributed by atoms with Gasteiger partial charge in [-0.25, -0.2) is 0 Å². The molecule has 7 heteroatoms. The second-order valence-corrected chi connectivity index (χ2v) is 19.7. The van der Waals surface area contributed by atoms with Gasteiger partial charge in [-0.2, -0.15) is 0 Å². The first kappa shape index (κ1) is 61.4. The van der Waals surface area contributed by atoms with Crippen molar-refractivity contribution in [2.75, 3.05) is 26.4 Å². The van der Waals surface area contributed by atoms with Gasteiger partial charge in [0.1, 0.15) is 19.8 Å². The molecule has 0 fully saturated rings. The predicted octanol–water partition coefficient (Wildman–Crippen LogP) is 17.2. The summed E-state index contributed by atoms with van der Waals surface area (Å²) >= 11 is 0. The SMILES string of the molecule is CCCCCCCCCCCCCCCCC(=O)OCC(CO)(COC(=O)CCCCCCCCCCCCCCCC)COC(=O)CCCCCCCCCCCCCCCC. The van der Waals surface area contributed by atoms with Crippen molar-refractivity contribution in [1.29, 1.82) is 0 Å². The van der Waals surface area contributed by atoms with Crippen LogP contribution in [0, 0.1) is 5.41 Å². The van der Waals surface area contributed by atoms with Gasteiger partial charge in [0.05, 0.1) is 12.0 Å². The smallest absolute Gasteiger partial charge is 0.305 e. The maximum Gasteiger partial charge on any atom is 0.305 e. The fourth-order valence-corrected chi connectivity index (χ4v) is 8.57. The molecule has 63 heavy (non-hydrogen) atoms. The van der Waals surface area contributed by atoms with Crippen LogP contribution >= 0.6 is 0 Å². The van der Waals surface area contributed by atoms with Crippen LogP contribution in [-0.4, -0.2) is 49.4 Å². The van der Waals surface area contributed by atoms with Crippen LogP contribution in [0.2, 0.25) is 0 Å². The Kier molecular flexibility index (Phi) is 48.5. The Balaban J connectivity index is 4.54. The summed E-state index contributed by atoms with van der Waals surface area (Å²) in [5.41, 5.74) is -1.18. The van der Waals surface area contributed by atoms with E-state index in [-0.39, 0.29) is 37.7 Å². The third-order valence-corrected chi connectivity index (χ3v) is 13.2. The zero-order valence-electron chi connectivity index (χ0n) is 42.5. The van der Waals surface area contributed by atoms with Crippen LogP contribution in [-0.2, 0) is 28.6 Å². The topological polar surface area (TPSA) is 99.1 Å². The van der Waals surface area contributed by atoms with E-state index in [9.17, 15) is 19.5 Å². The lowest BCUT2D eigenvalue weighted by molar-refractivity contribution is -0.165. The predicted molar refractivity (Wildman–Crippen MR) is 267 cm³/mol. The average Bonchev–Trinajstić information content (AvgIpc) is 3.29. The van der Waals surface area contributed by atoms with Crippen molar-refractivity contribution in [3.63, 3.8) is 0 Å². The Bertz CT molecular complexity index is 851. The van der Waals surface area contributed by atoms with E-state index in [2.05, 4.69) is 20.8 Å². The van der Waals surface area contributed by atoms with Crippen molar-refractivity contribution < 1.29 is 33.7 Å². The van der Waals surface area contributed by atoms with Gasteiger partial charge in [0, 0.05) is 19.3 Å². The lowest BCUT2D eigenvalue weighted by Crippen LogP contribution is -2.42. The molecule has 1 N–H and O–H groups in total. The molecule has 374 valence electrons. The summed E-state index contributed by atoms with van der Waals surface area (Å²) in [5.74, 6) is -0.974. The third-order valence-electron chi connectivity index (χ3n) is 13.2. The molecule has 0 radical (unpaired) electrons. The summed E-state index contributed by atoms with van der Waals surface area (Å²) in [6.45, 7) is 5.92. The van der Waals surface area contributed by atoms with E-state index < -0.39 is 12.0 Å². The van der Waals surface area contributed by atoms with Crippen molar-refractivity contribution in [3.8, 4) is 0 Å². The first-order valence-electron chi connectivity index (χ1n) is 28.0. The molecule has 0 rings (SSSR count). The molecule has 0 aliphatic carbocycles. The molecule has 0 aromatic carbocycles. The van der Waals surface area contributed by atoms with Crippen LogP contribution in [0.5, 0.6) is 0 Å². The Morgan fingerprint density at radius 2 is 0.444 bits per heavy atom. The Hall–Kier alpha value is -1.63. The molecule has 0 saturated heterocycles. The Labute approximate surface area is 391 Å². The van der Waals surface area contributed by atoms with E-state index in [0.29, 0.717) is 19.3 Å². The van der Waals surface area contributed by atoms with Crippen molar-refractivity contribution in [2.24, 2.45) is 5.41 Å². The lowest BCUT2D eigenvalue weighted by atomic mass is 9.92. The van der Waals surface area contributed by atoms with Crippen LogP contribution in [0.15, 0.2) is 0 Å². The third kappa shape index (κ3) is 45.3. The van der Waals surface area contributed by atoms with Crippen LogP contribution < -0.4 is 0 Å². The number of rotatable bonds is 52. The molecule has 7 nitrogen and oxygen atoms in total. The van der Waals surface area contributed by atoms with Gasteiger partial charge in [-0.05, 0) is 19.3 Å². The number of hydrogen-bond donors (Lipinski definition) is 1. The minimum atomic E-state index is -1.18. The van der Waals surface area contributed by atoms with E-state index >= 15 is 0 Å². The van der Waals surface area contributed by atoms with Gasteiger partial charge in [-0.3, -0.25) is 14.4 Å². The van der Waals surface area contributed by atoms with Crippen LogP contribution in [0.25, 0.3) is 0 Å². The number of esters is 3. The van der Waals surface area contributed by atoms with Crippen molar-refractivity contribution in [3.05, 3.63) is 0 Å². The maximum absolute atomic E-state index is 12.8. The second kappa shape index (κ2) is 49.8. The van der Waals surface area contributed by atoms with E-state index in [1.807, 2.05) is 0 Å². The first-order valence-corrected chi connectivity index (χ1v) is 28.0. The Morgan fingerprint density at radius 1 is 0.286 bits per heavy atom. The normalized spacial score (nSPS) is 11.6. The van der Waals surface area contributed by atoms with Gasteiger partial charge in [-0.15, -0.1) is 0 Å². The van der Waals surface area contributed by atoms with Gasteiger partial charge in [0.2, 0.25) is 0 Å². The van der Waals surface area contributed by atoms with Crippen LogP contribution in [0.4, 0.5) is 0 Å². The van der Waals surface area contributed by atoms with E-state index in [0.717, 1.165) is 57.8 Å². The highest BCUT2D eigenvalue weighted by Crippen LogP contribution is 2.22. The lowest BCUT2D eigenvalue weighted by Gasteiger charge is -2.30. The van der Waals surface area contributed by atoms with Crippen LogP contribution in [0.1, 0.15) is 310 Å². The number of aliphatic hydroxyl groups is 1. The molecule has 0 amide bonds. The monoisotopic (exact) mass is 893 g/mol. The molecular formula is C56H108O7. The molecule has 0 aliphatic rings. The van der Waals surface area contributed by atoms with Crippen molar-refractivity contribution in [1.82, 2.24) is 0 Å². The molecule has 0 atom stereocenters.